The number of rotatable bonds is 5. The van der Waals surface area contributed by atoms with Crippen LogP contribution in [0, 0.1) is 11.6 Å². The van der Waals surface area contributed by atoms with Crippen LogP contribution >= 0.6 is 11.3 Å². The summed E-state index contributed by atoms with van der Waals surface area (Å²) in [5.74, 6) is -0.989. The van der Waals surface area contributed by atoms with Crippen LogP contribution in [0.3, 0.4) is 0 Å². The molecule has 0 aliphatic rings. The SMILES string of the molecule is CC(NCCc1cccs1)c1c(F)cccc1F. The second-order valence-electron chi connectivity index (χ2n) is 4.14. The second kappa shape index (κ2) is 6.07. The first-order chi connectivity index (χ1) is 8.68. The molecule has 1 atom stereocenters. The first kappa shape index (κ1) is 13.2. The van der Waals surface area contributed by atoms with Crippen molar-refractivity contribution in [3.8, 4) is 0 Å². The van der Waals surface area contributed by atoms with Gasteiger partial charge in [0.25, 0.3) is 0 Å². The van der Waals surface area contributed by atoms with E-state index in [1.807, 2.05) is 11.4 Å². The van der Waals surface area contributed by atoms with E-state index in [1.165, 1.54) is 23.1 Å². The fraction of sp³-hybridized carbons (Fsp3) is 0.286. The summed E-state index contributed by atoms with van der Waals surface area (Å²) < 4.78 is 27.0. The van der Waals surface area contributed by atoms with Crippen LogP contribution in [0.4, 0.5) is 8.78 Å². The standard InChI is InChI=1S/C14H15F2NS/c1-10(14-12(15)5-2-6-13(14)16)17-8-7-11-4-3-9-18-11/h2-6,9-10,17H,7-8H2,1H3. The fourth-order valence-electron chi connectivity index (χ4n) is 1.89. The van der Waals surface area contributed by atoms with Crippen molar-refractivity contribution in [2.24, 2.45) is 0 Å². The Morgan fingerprint density at radius 2 is 1.89 bits per heavy atom. The lowest BCUT2D eigenvalue weighted by Gasteiger charge is -2.15. The third-order valence-electron chi connectivity index (χ3n) is 2.83. The minimum atomic E-state index is -0.494. The maximum Gasteiger partial charge on any atom is 0.130 e. The predicted molar refractivity (Wildman–Crippen MR) is 70.8 cm³/mol. The molecule has 18 heavy (non-hydrogen) atoms. The average Bonchev–Trinajstić information content (AvgIpc) is 2.82. The molecule has 0 fully saturated rings. The molecule has 1 aromatic heterocycles. The highest BCUT2D eigenvalue weighted by molar-refractivity contribution is 7.09. The van der Waals surface area contributed by atoms with E-state index in [4.69, 9.17) is 0 Å². The van der Waals surface area contributed by atoms with Crippen molar-refractivity contribution in [2.45, 2.75) is 19.4 Å². The van der Waals surface area contributed by atoms with Gasteiger partial charge in [0.15, 0.2) is 0 Å². The first-order valence-electron chi connectivity index (χ1n) is 5.88. The van der Waals surface area contributed by atoms with Gasteiger partial charge in [-0.2, -0.15) is 0 Å². The van der Waals surface area contributed by atoms with Crippen LogP contribution in [-0.2, 0) is 6.42 Å². The van der Waals surface area contributed by atoms with Crippen molar-refractivity contribution in [2.75, 3.05) is 6.54 Å². The summed E-state index contributed by atoms with van der Waals surface area (Å²) in [5.41, 5.74) is 0.115. The van der Waals surface area contributed by atoms with E-state index in [2.05, 4.69) is 11.4 Å². The number of nitrogens with one attached hydrogen (secondary N) is 1. The largest absolute Gasteiger partial charge is 0.310 e. The molecule has 0 saturated heterocycles. The van der Waals surface area contributed by atoms with E-state index in [0.29, 0.717) is 6.54 Å². The highest BCUT2D eigenvalue weighted by atomic mass is 32.1. The van der Waals surface area contributed by atoms with Gasteiger partial charge in [0.1, 0.15) is 11.6 Å². The number of thiophene rings is 1. The summed E-state index contributed by atoms with van der Waals surface area (Å²) >= 11 is 1.69. The van der Waals surface area contributed by atoms with E-state index in [0.717, 1.165) is 6.42 Å². The van der Waals surface area contributed by atoms with Gasteiger partial charge in [-0.15, -0.1) is 11.3 Å². The van der Waals surface area contributed by atoms with Gasteiger partial charge in [0, 0.05) is 23.0 Å². The van der Waals surface area contributed by atoms with Crippen molar-refractivity contribution in [3.63, 3.8) is 0 Å². The Kier molecular flexibility index (Phi) is 4.44. The number of hydrogen-bond donors (Lipinski definition) is 1. The zero-order chi connectivity index (χ0) is 13.0. The van der Waals surface area contributed by atoms with E-state index in [9.17, 15) is 8.78 Å². The lowest BCUT2D eigenvalue weighted by molar-refractivity contribution is 0.490. The molecule has 0 saturated carbocycles. The Balaban J connectivity index is 1.93. The molecule has 0 aliphatic heterocycles. The number of halogens is 2. The summed E-state index contributed by atoms with van der Waals surface area (Å²) in [6, 6.07) is 7.69. The lowest BCUT2D eigenvalue weighted by atomic mass is 10.1. The molecule has 0 aliphatic carbocycles. The number of benzene rings is 1. The number of hydrogen-bond acceptors (Lipinski definition) is 2. The van der Waals surface area contributed by atoms with Crippen LogP contribution in [0.25, 0.3) is 0 Å². The maximum atomic E-state index is 13.5. The average molecular weight is 267 g/mol. The van der Waals surface area contributed by atoms with Crippen molar-refractivity contribution in [3.05, 3.63) is 57.8 Å². The highest BCUT2D eigenvalue weighted by Gasteiger charge is 2.14. The molecule has 0 spiro atoms. The normalized spacial score (nSPS) is 12.6. The summed E-state index contributed by atoms with van der Waals surface area (Å²) in [5, 5.41) is 5.17. The molecular formula is C14H15F2NS. The molecule has 96 valence electrons. The molecule has 0 radical (unpaired) electrons. The summed E-state index contributed by atoms with van der Waals surface area (Å²) in [6.07, 6.45) is 0.873. The molecule has 1 nitrogen and oxygen atoms in total. The van der Waals surface area contributed by atoms with Crippen LogP contribution in [0.2, 0.25) is 0 Å². The van der Waals surface area contributed by atoms with Crippen LogP contribution in [0.1, 0.15) is 23.4 Å². The lowest BCUT2D eigenvalue weighted by Crippen LogP contribution is -2.23. The predicted octanol–water partition coefficient (Wildman–Crippen LogP) is 3.92. The van der Waals surface area contributed by atoms with Crippen molar-refractivity contribution < 1.29 is 8.78 Å². The summed E-state index contributed by atoms with van der Waals surface area (Å²) in [7, 11) is 0. The maximum absolute atomic E-state index is 13.5. The molecule has 1 unspecified atom stereocenters. The monoisotopic (exact) mass is 267 g/mol. The third-order valence-corrected chi connectivity index (χ3v) is 3.77. The molecule has 2 rings (SSSR count). The molecule has 1 N–H and O–H groups in total. The zero-order valence-corrected chi connectivity index (χ0v) is 10.9. The van der Waals surface area contributed by atoms with Crippen LogP contribution in [-0.4, -0.2) is 6.54 Å². The van der Waals surface area contributed by atoms with Gasteiger partial charge in [-0.1, -0.05) is 12.1 Å². The first-order valence-corrected chi connectivity index (χ1v) is 6.76. The van der Waals surface area contributed by atoms with Crippen molar-refractivity contribution >= 4 is 11.3 Å². The van der Waals surface area contributed by atoms with Gasteiger partial charge >= 0.3 is 0 Å². The quantitative estimate of drug-likeness (QED) is 0.865. The van der Waals surface area contributed by atoms with Gasteiger partial charge in [-0.05, 0) is 36.9 Å². The van der Waals surface area contributed by atoms with E-state index in [-0.39, 0.29) is 11.6 Å². The Labute approximate surface area is 109 Å². The molecule has 0 bridgehead atoms. The van der Waals surface area contributed by atoms with Gasteiger partial charge in [-0.25, -0.2) is 8.78 Å². The Hall–Kier alpha value is -1.26. The summed E-state index contributed by atoms with van der Waals surface area (Å²) in [4.78, 5) is 1.27. The summed E-state index contributed by atoms with van der Waals surface area (Å²) in [6.45, 7) is 2.48. The fourth-order valence-corrected chi connectivity index (χ4v) is 2.60. The van der Waals surface area contributed by atoms with Crippen LogP contribution in [0.5, 0.6) is 0 Å². The Morgan fingerprint density at radius 3 is 2.50 bits per heavy atom. The Bertz CT molecular complexity index is 476. The van der Waals surface area contributed by atoms with Crippen molar-refractivity contribution in [1.82, 2.24) is 5.32 Å². The minimum Gasteiger partial charge on any atom is -0.310 e. The van der Waals surface area contributed by atoms with E-state index < -0.39 is 11.6 Å². The molecular weight excluding hydrogens is 252 g/mol. The zero-order valence-electron chi connectivity index (χ0n) is 10.1. The molecule has 4 heteroatoms. The molecule has 1 aromatic carbocycles. The van der Waals surface area contributed by atoms with E-state index >= 15 is 0 Å². The smallest absolute Gasteiger partial charge is 0.130 e. The highest BCUT2D eigenvalue weighted by Crippen LogP contribution is 2.20. The third kappa shape index (κ3) is 3.15. The van der Waals surface area contributed by atoms with Gasteiger partial charge < -0.3 is 5.32 Å². The molecule has 0 amide bonds. The second-order valence-corrected chi connectivity index (χ2v) is 5.17. The van der Waals surface area contributed by atoms with Crippen molar-refractivity contribution in [1.29, 1.82) is 0 Å². The molecule has 1 heterocycles. The van der Waals surface area contributed by atoms with E-state index in [1.54, 1.807) is 18.3 Å². The Morgan fingerprint density at radius 1 is 1.17 bits per heavy atom. The topological polar surface area (TPSA) is 12.0 Å². The minimum absolute atomic E-state index is 0.115. The van der Waals surface area contributed by atoms with Gasteiger partial charge in [-0.3, -0.25) is 0 Å². The van der Waals surface area contributed by atoms with Gasteiger partial charge in [0.05, 0.1) is 0 Å². The van der Waals surface area contributed by atoms with Crippen LogP contribution < -0.4 is 5.32 Å². The van der Waals surface area contributed by atoms with Gasteiger partial charge in [0.2, 0.25) is 0 Å². The van der Waals surface area contributed by atoms with Crippen LogP contribution in [0.15, 0.2) is 35.7 Å². The molecule has 2 aromatic rings.